The Kier molecular flexibility index (Phi) is 7.18. The van der Waals surface area contributed by atoms with Gasteiger partial charge in [-0.1, -0.05) is 54.1 Å². The lowest BCUT2D eigenvalue weighted by Gasteiger charge is -2.16. The molecule has 0 saturated heterocycles. The van der Waals surface area contributed by atoms with Gasteiger partial charge in [0.05, 0.1) is 14.2 Å². The first-order valence-corrected chi connectivity index (χ1v) is 9.44. The molecule has 0 aliphatic carbocycles. The normalized spacial score (nSPS) is 10.5. The fraction of sp³-hybridized carbons (Fsp3) is 0.217. The van der Waals surface area contributed by atoms with Crippen LogP contribution in [0.2, 0.25) is 5.02 Å². The summed E-state index contributed by atoms with van der Waals surface area (Å²) in [6.07, 6.45) is 0. The topological polar surface area (TPSA) is 39.7 Å². The zero-order chi connectivity index (χ0) is 19.8. The van der Waals surface area contributed by atoms with Crippen molar-refractivity contribution in [2.24, 2.45) is 0 Å². The average Bonchev–Trinajstić information content (AvgIpc) is 2.74. The van der Waals surface area contributed by atoms with Crippen molar-refractivity contribution < 1.29 is 14.2 Å². The molecule has 3 aromatic carbocycles. The number of hydrogen-bond acceptors (Lipinski definition) is 4. The Morgan fingerprint density at radius 1 is 0.750 bits per heavy atom. The molecule has 0 aliphatic heterocycles. The van der Waals surface area contributed by atoms with E-state index in [1.165, 1.54) is 0 Å². The van der Waals surface area contributed by atoms with Gasteiger partial charge in [-0.05, 0) is 29.8 Å². The highest BCUT2D eigenvalue weighted by atomic mass is 35.5. The van der Waals surface area contributed by atoms with Crippen LogP contribution in [0.5, 0.6) is 17.2 Å². The summed E-state index contributed by atoms with van der Waals surface area (Å²) in [5.74, 6) is 2.33. The van der Waals surface area contributed by atoms with Crippen LogP contribution in [0, 0.1) is 0 Å². The number of rotatable bonds is 9. The summed E-state index contributed by atoms with van der Waals surface area (Å²) in [7, 11) is 3.33. The van der Waals surface area contributed by atoms with Gasteiger partial charge < -0.3 is 19.5 Å². The fourth-order valence-electron chi connectivity index (χ4n) is 2.94. The van der Waals surface area contributed by atoms with Gasteiger partial charge in [-0.15, -0.1) is 0 Å². The summed E-state index contributed by atoms with van der Waals surface area (Å²) in [5, 5.41) is 4.17. The van der Waals surface area contributed by atoms with E-state index in [9.17, 15) is 0 Å². The van der Waals surface area contributed by atoms with Crippen LogP contribution >= 0.6 is 11.6 Å². The number of benzene rings is 3. The van der Waals surface area contributed by atoms with E-state index in [-0.39, 0.29) is 0 Å². The Morgan fingerprint density at radius 3 is 2.14 bits per heavy atom. The third kappa shape index (κ3) is 5.18. The van der Waals surface area contributed by atoms with Gasteiger partial charge in [-0.2, -0.15) is 0 Å². The highest BCUT2D eigenvalue weighted by Gasteiger charge is 2.11. The van der Waals surface area contributed by atoms with Crippen LogP contribution in [0.15, 0.2) is 66.7 Å². The second-order valence-electron chi connectivity index (χ2n) is 6.28. The van der Waals surface area contributed by atoms with Crippen molar-refractivity contribution >= 4 is 11.6 Å². The fourth-order valence-corrected chi connectivity index (χ4v) is 3.07. The van der Waals surface area contributed by atoms with Crippen LogP contribution in [0.1, 0.15) is 16.7 Å². The second-order valence-corrected chi connectivity index (χ2v) is 6.72. The number of para-hydroxylation sites is 2. The summed E-state index contributed by atoms with van der Waals surface area (Å²) in [4.78, 5) is 0. The second kappa shape index (κ2) is 10.0. The SMILES string of the molecule is COc1ccccc1CNCc1cccc(OC)c1OCc1ccc(Cl)cc1. The molecule has 0 aromatic heterocycles. The lowest BCUT2D eigenvalue weighted by molar-refractivity contribution is 0.280. The quantitative estimate of drug-likeness (QED) is 0.537. The first kappa shape index (κ1) is 20.1. The van der Waals surface area contributed by atoms with Crippen molar-refractivity contribution in [2.45, 2.75) is 19.7 Å². The van der Waals surface area contributed by atoms with Crippen molar-refractivity contribution in [3.8, 4) is 17.2 Å². The molecule has 0 bridgehead atoms. The van der Waals surface area contributed by atoms with E-state index < -0.39 is 0 Å². The number of halogens is 1. The molecule has 3 aromatic rings. The van der Waals surface area contributed by atoms with Crippen molar-refractivity contribution in [1.29, 1.82) is 0 Å². The van der Waals surface area contributed by atoms with E-state index in [1.54, 1.807) is 14.2 Å². The van der Waals surface area contributed by atoms with Crippen LogP contribution in [0.3, 0.4) is 0 Å². The van der Waals surface area contributed by atoms with Crippen molar-refractivity contribution in [1.82, 2.24) is 5.32 Å². The molecule has 146 valence electrons. The monoisotopic (exact) mass is 397 g/mol. The Bertz CT molecular complexity index is 897. The molecule has 0 spiro atoms. The molecule has 0 heterocycles. The van der Waals surface area contributed by atoms with E-state index in [0.717, 1.165) is 28.2 Å². The number of ether oxygens (including phenoxy) is 3. The minimum atomic E-state index is 0.442. The predicted octanol–water partition coefficient (Wildman–Crippen LogP) is 5.23. The summed E-state index contributed by atoms with van der Waals surface area (Å²) in [5.41, 5.74) is 3.18. The Labute approximate surface area is 171 Å². The maximum absolute atomic E-state index is 6.10. The minimum absolute atomic E-state index is 0.442. The van der Waals surface area contributed by atoms with Gasteiger partial charge in [0.15, 0.2) is 11.5 Å². The number of hydrogen-bond donors (Lipinski definition) is 1. The molecule has 1 N–H and O–H groups in total. The van der Waals surface area contributed by atoms with Gasteiger partial charge in [0.1, 0.15) is 12.4 Å². The lowest BCUT2D eigenvalue weighted by Crippen LogP contribution is -2.14. The van der Waals surface area contributed by atoms with E-state index in [2.05, 4.69) is 11.4 Å². The van der Waals surface area contributed by atoms with Gasteiger partial charge in [0.25, 0.3) is 0 Å². The molecule has 0 atom stereocenters. The largest absolute Gasteiger partial charge is 0.496 e. The third-order valence-electron chi connectivity index (χ3n) is 4.40. The van der Waals surface area contributed by atoms with E-state index in [1.807, 2.05) is 60.7 Å². The summed E-state index contributed by atoms with van der Waals surface area (Å²) in [6.45, 7) is 1.78. The third-order valence-corrected chi connectivity index (χ3v) is 4.65. The highest BCUT2D eigenvalue weighted by molar-refractivity contribution is 6.30. The standard InChI is InChI=1S/C23H24ClNO3/c1-26-21-8-4-3-6-18(21)14-25-15-19-7-5-9-22(27-2)23(19)28-16-17-10-12-20(24)13-11-17/h3-13,25H,14-16H2,1-2H3. The van der Waals surface area contributed by atoms with E-state index >= 15 is 0 Å². The Hall–Kier alpha value is -2.69. The molecular formula is C23H24ClNO3. The molecule has 0 aliphatic rings. The maximum atomic E-state index is 6.10. The van der Waals surface area contributed by atoms with Crippen molar-refractivity contribution in [3.05, 3.63) is 88.4 Å². The van der Waals surface area contributed by atoms with Gasteiger partial charge >= 0.3 is 0 Å². The van der Waals surface area contributed by atoms with Gasteiger partial charge in [-0.25, -0.2) is 0 Å². The first-order chi connectivity index (χ1) is 13.7. The molecule has 3 rings (SSSR count). The number of methoxy groups -OCH3 is 2. The van der Waals surface area contributed by atoms with Crippen LogP contribution < -0.4 is 19.5 Å². The smallest absolute Gasteiger partial charge is 0.166 e. The summed E-state index contributed by atoms with van der Waals surface area (Å²) in [6, 6.07) is 21.5. The first-order valence-electron chi connectivity index (χ1n) is 9.07. The van der Waals surface area contributed by atoms with Crippen LogP contribution in [-0.4, -0.2) is 14.2 Å². The van der Waals surface area contributed by atoms with Crippen LogP contribution in [0.4, 0.5) is 0 Å². The van der Waals surface area contributed by atoms with Gasteiger partial charge in [-0.3, -0.25) is 0 Å². The molecule has 28 heavy (non-hydrogen) atoms. The zero-order valence-electron chi connectivity index (χ0n) is 16.1. The summed E-state index contributed by atoms with van der Waals surface area (Å²) >= 11 is 5.95. The van der Waals surface area contributed by atoms with Crippen LogP contribution in [-0.2, 0) is 19.7 Å². The van der Waals surface area contributed by atoms with Gasteiger partial charge in [0.2, 0.25) is 0 Å². The van der Waals surface area contributed by atoms with E-state index in [0.29, 0.717) is 30.5 Å². The van der Waals surface area contributed by atoms with Crippen LogP contribution in [0.25, 0.3) is 0 Å². The molecule has 0 amide bonds. The molecule has 0 saturated carbocycles. The highest BCUT2D eigenvalue weighted by Crippen LogP contribution is 2.32. The Morgan fingerprint density at radius 2 is 1.39 bits per heavy atom. The molecule has 5 heteroatoms. The lowest BCUT2D eigenvalue weighted by atomic mass is 10.1. The number of nitrogens with one attached hydrogen (secondary N) is 1. The molecule has 4 nitrogen and oxygen atoms in total. The maximum Gasteiger partial charge on any atom is 0.166 e. The molecule has 0 unspecified atom stereocenters. The average molecular weight is 398 g/mol. The zero-order valence-corrected chi connectivity index (χ0v) is 16.8. The Balaban J connectivity index is 1.69. The van der Waals surface area contributed by atoms with Crippen molar-refractivity contribution in [3.63, 3.8) is 0 Å². The molecule has 0 radical (unpaired) electrons. The van der Waals surface area contributed by atoms with E-state index in [4.69, 9.17) is 25.8 Å². The van der Waals surface area contributed by atoms with Gasteiger partial charge in [0, 0.05) is 29.2 Å². The van der Waals surface area contributed by atoms with Crippen molar-refractivity contribution in [2.75, 3.05) is 14.2 Å². The summed E-state index contributed by atoms with van der Waals surface area (Å²) < 4.78 is 17.0. The molecule has 0 fully saturated rings. The molecular weight excluding hydrogens is 374 g/mol. The minimum Gasteiger partial charge on any atom is -0.496 e. The predicted molar refractivity (Wildman–Crippen MR) is 112 cm³/mol.